The van der Waals surface area contributed by atoms with Crippen LogP contribution in [-0.4, -0.2) is 43.7 Å². The van der Waals surface area contributed by atoms with E-state index in [4.69, 9.17) is 4.74 Å². The zero-order valence-electron chi connectivity index (χ0n) is 18.8. The van der Waals surface area contributed by atoms with E-state index in [0.717, 1.165) is 53.9 Å². The van der Waals surface area contributed by atoms with Gasteiger partial charge in [-0.25, -0.2) is 0 Å². The van der Waals surface area contributed by atoms with Crippen molar-refractivity contribution in [3.63, 3.8) is 0 Å². The third-order valence-corrected chi connectivity index (χ3v) is 6.24. The maximum Gasteiger partial charge on any atom is 0.255 e. The lowest BCUT2D eigenvalue weighted by Gasteiger charge is -2.40. The molecule has 5 heteroatoms. The standard InChI is InChI=1S/C27H30N2O2.HI/c1-29(2,26-16-18-31-19-17-26)20-21-8-14-25(15-9-21)28-27(30)24-12-10-23(11-13-24)22-6-4-3-5-7-22;/h3-15,26H,16-20H2,1-2H3;1H. The molecule has 168 valence electrons. The van der Waals surface area contributed by atoms with Gasteiger partial charge in [0.25, 0.3) is 5.91 Å². The molecule has 1 saturated heterocycles. The fourth-order valence-electron chi connectivity index (χ4n) is 4.33. The van der Waals surface area contributed by atoms with Gasteiger partial charge in [0.2, 0.25) is 0 Å². The molecule has 0 unspecified atom stereocenters. The molecule has 1 aliphatic heterocycles. The summed E-state index contributed by atoms with van der Waals surface area (Å²) in [6.07, 6.45) is 2.23. The van der Waals surface area contributed by atoms with E-state index in [9.17, 15) is 4.79 Å². The van der Waals surface area contributed by atoms with Crippen LogP contribution in [0.25, 0.3) is 11.1 Å². The first-order valence-corrected chi connectivity index (χ1v) is 11.0. The van der Waals surface area contributed by atoms with E-state index in [2.05, 4.69) is 43.7 Å². The zero-order valence-corrected chi connectivity index (χ0v) is 20.9. The molecule has 1 amide bonds. The Morgan fingerprint density at radius 3 is 2.09 bits per heavy atom. The van der Waals surface area contributed by atoms with Gasteiger partial charge < -0.3 is 38.5 Å². The maximum atomic E-state index is 12.7. The Kier molecular flexibility index (Phi) is 8.45. The van der Waals surface area contributed by atoms with Crippen LogP contribution in [0.15, 0.2) is 78.9 Å². The number of nitrogens with zero attached hydrogens (tertiary/aromatic N) is 1. The van der Waals surface area contributed by atoms with Gasteiger partial charge in [-0.05, 0) is 35.4 Å². The van der Waals surface area contributed by atoms with E-state index >= 15 is 0 Å². The lowest BCUT2D eigenvalue weighted by Crippen LogP contribution is -3.00. The highest BCUT2D eigenvalue weighted by Gasteiger charge is 2.30. The minimum absolute atomic E-state index is 0. The number of anilines is 1. The Bertz CT molecular complexity index is 996. The normalized spacial score (nSPS) is 14.4. The van der Waals surface area contributed by atoms with E-state index < -0.39 is 0 Å². The van der Waals surface area contributed by atoms with Gasteiger partial charge in [-0.3, -0.25) is 4.79 Å². The Hall–Kier alpha value is -2.22. The number of carbonyl (C=O) groups is 1. The summed E-state index contributed by atoms with van der Waals surface area (Å²) in [5.41, 5.74) is 5.00. The van der Waals surface area contributed by atoms with Crippen molar-refractivity contribution in [2.75, 3.05) is 32.6 Å². The van der Waals surface area contributed by atoms with Crippen molar-refractivity contribution in [2.24, 2.45) is 0 Å². The number of quaternary nitrogens is 1. The van der Waals surface area contributed by atoms with E-state index in [-0.39, 0.29) is 29.9 Å². The molecule has 0 spiro atoms. The van der Waals surface area contributed by atoms with Crippen LogP contribution in [-0.2, 0) is 11.3 Å². The predicted molar refractivity (Wildman–Crippen MR) is 126 cm³/mol. The number of ether oxygens (including phenoxy) is 1. The lowest BCUT2D eigenvalue weighted by atomic mass is 10.0. The minimum atomic E-state index is -0.0920. The van der Waals surface area contributed by atoms with Crippen LogP contribution in [0.5, 0.6) is 0 Å². The third kappa shape index (κ3) is 6.18. The van der Waals surface area contributed by atoms with Gasteiger partial charge >= 0.3 is 0 Å². The molecule has 1 N–H and O–H groups in total. The molecular formula is C27H31IN2O2. The first-order chi connectivity index (χ1) is 15.0. The van der Waals surface area contributed by atoms with Crippen LogP contribution in [0, 0.1) is 0 Å². The summed E-state index contributed by atoms with van der Waals surface area (Å²) in [5, 5.41) is 3.01. The zero-order chi connectivity index (χ0) is 21.7. The molecule has 0 atom stereocenters. The highest BCUT2D eigenvalue weighted by atomic mass is 127. The number of nitrogens with one attached hydrogen (secondary N) is 1. The van der Waals surface area contributed by atoms with Crippen LogP contribution in [0.2, 0.25) is 0 Å². The van der Waals surface area contributed by atoms with Crippen molar-refractivity contribution in [1.82, 2.24) is 0 Å². The lowest BCUT2D eigenvalue weighted by molar-refractivity contribution is -0.929. The molecule has 0 aromatic heterocycles. The van der Waals surface area contributed by atoms with Gasteiger partial charge in [-0.1, -0.05) is 54.6 Å². The molecule has 1 aliphatic rings. The second kappa shape index (κ2) is 11.1. The summed E-state index contributed by atoms with van der Waals surface area (Å²) < 4.78 is 6.47. The number of carbonyl (C=O) groups excluding carboxylic acids is 1. The first kappa shape index (κ1) is 24.4. The van der Waals surface area contributed by atoms with Crippen molar-refractivity contribution in [3.8, 4) is 11.1 Å². The van der Waals surface area contributed by atoms with Crippen LogP contribution in [0.3, 0.4) is 0 Å². The summed E-state index contributed by atoms with van der Waals surface area (Å²) in [6.45, 7) is 2.70. The Morgan fingerprint density at radius 2 is 1.47 bits per heavy atom. The molecule has 4 nitrogen and oxygen atoms in total. The number of amides is 1. The highest BCUT2D eigenvalue weighted by Crippen LogP contribution is 2.23. The predicted octanol–water partition coefficient (Wildman–Crippen LogP) is 2.37. The minimum Gasteiger partial charge on any atom is -1.00 e. The van der Waals surface area contributed by atoms with Crippen molar-refractivity contribution < 1.29 is 38.0 Å². The van der Waals surface area contributed by atoms with Gasteiger partial charge in [0.15, 0.2) is 0 Å². The topological polar surface area (TPSA) is 38.3 Å². The van der Waals surface area contributed by atoms with Gasteiger partial charge in [-0.15, -0.1) is 0 Å². The summed E-state index contributed by atoms with van der Waals surface area (Å²) in [5.74, 6) is -0.0920. The Labute approximate surface area is 208 Å². The van der Waals surface area contributed by atoms with E-state index in [1.807, 2.05) is 54.6 Å². The fraction of sp³-hybridized carbons (Fsp3) is 0.296. The molecule has 32 heavy (non-hydrogen) atoms. The molecule has 3 aromatic carbocycles. The van der Waals surface area contributed by atoms with Crippen molar-refractivity contribution in [3.05, 3.63) is 90.0 Å². The van der Waals surface area contributed by atoms with Crippen LogP contribution in [0.4, 0.5) is 5.69 Å². The van der Waals surface area contributed by atoms with Crippen molar-refractivity contribution in [1.29, 1.82) is 0 Å². The molecule has 4 rings (SSSR count). The molecule has 0 saturated carbocycles. The average molecular weight is 542 g/mol. The van der Waals surface area contributed by atoms with Crippen LogP contribution < -0.4 is 29.3 Å². The van der Waals surface area contributed by atoms with Crippen LogP contribution in [0.1, 0.15) is 28.8 Å². The van der Waals surface area contributed by atoms with Gasteiger partial charge in [0.1, 0.15) is 6.54 Å². The van der Waals surface area contributed by atoms with E-state index in [1.165, 1.54) is 5.56 Å². The SMILES string of the molecule is C[N+](C)(Cc1ccc(NC(=O)c2ccc(-c3ccccc3)cc2)cc1)C1CCOCC1.[I-]. The number of hydrogen-bond acceptors (Lipinski definition) is 2. The van der Waals surface area contributed by atoms with Crippen molar-refractivity contribution in [2.45, 2.75) is 25.4 Å². The number of halogens is 1. The number of hydrogen-bond donors (Lipinski definition) is 1. The molecule has 1 heterocycles. The third-order valence-electron chi connectivity index (χ3n) is 6.24. The Morgan fingerprint density at radius 1 is 0.875 bits per heavy atom. The number of rotatable bonds is 6. The average Bonchev–Trinajstić information content (AvgIpc) is 2.81. The van der Waals surface area contributed by atoms with Crippen molar-refractivity contribution >= 4 is 11.6 Å². The molecule has 3 aromatic rings. The molecule has 0 radical (unpaired) electrons. The molecule has 0 aliphatic carbocycles. The highest BCUT2D eigenvalue weighted by molar-refractivity contribution is 6.04. The maximum absolute atomic E-state index is 12.7. The smallest absolute Gasteiger partial charge is 0.255 e. The molecule has 0 bridgehead atoms. The van der Waals surface area contributed by atoms with Gasteiger partial charge in [0, 0.05) is 29.7 Å². The molecular weight excluding hydrogens is 511 g/mol. The van der Waals surface area contributed by atoms with E-state index in [1.54, 1.807) is 0 Å². The summed E-state index contributed by atoms with van der Waals surface area (Å²) in [7, 11) is 4.59. The fourth-order valence-corrected chi connectivity index (χ4v) is 4.33. The second-order valence-corrected chi connectivity index (χ2v) is 8.87. The van der Waals surface area contributed by atoms with Gasteiger partial charge in [0.05, 0.1) is 33.4 Å². The molecule has 1 fully saturated rings. The largest absolute Gasteiger partial charge is 1.00 e. The van der Waals surface area contributed by atoms with Crippen LogP contribution >= 0.6 is 0 Å². The van der Waals surface area contributed by atoms with Gasteiger partial charge in [-0.2, -0.15) is 0 Å². The second-order valence-electron chi connectivity index (χ2n) is 8.87. The number of benzene rings is 3. The summed E-state index contributed by atoms with van der Waals surface area (Å²) in [4.78, 5) is 12.7. The monoisotopic (exact) mass is 542 g/mol. The summed E-state index contributed by atoms with van der Waals surface area (Å²) >= 11 is 0. The first-order valence-electron chi connectivity index (χ1n) is 11.0. The Balaban J connectivity index is 0.00000289. The summed E-state index contributed by atoms with van der Waals surface area (Å²) in [6, 6.07) is 26.8. The quantitative estimate of drug-likeness (QED) is 0.384. The van der Waals surface area contributed by atoms with E-state index in [0.29, 0.717) is 11.6 Å².